The number of ether oxygens (including phenoxy) is 2. The van der Waals surface area contributed by atoms with Crippen molar-refractivity contribution in [2.75, 3.05) is 26.1 Å². The fraction of sp³-hybridized carbons (Fsp3) is 0.158. The van der Waals surface area contributed by atoms with Crippen LogP contribution in [0.1, 0.15) is 0 Å². The highest BCUT2D eigenvalue weighted by Crippen LogP contribution is 2.31. The number of carbonyl (C=O) groups is 1. The third-order valence-corrected chi connectivity index (χ3v) is 3.73. The molecule has 0 unspecified atom stereocenters. The Hall–Kier alpha value is -3.48. The highest BCUT2D eigenvalue weighted by Gasteiger charge is 2.11. The van der Waals surface area contributed by atoms with Crippen LogP contribution in [0.3, 0.4) is 0 Å². The van der Waals surface area contributed by atoms with Gasteiger partial charge >= 0.3 is 5.97 Å². The number of benzene rings is 2. The number of aliphatic carboxylic acids is 1. The van der Waals surface area contributed by atoms with E-state index in [-0.39, 0.29) is 6.54 Å². The van der Waals surface area contributed by atoms with E-state index < -0.39 is 5.97 Å². The van der Waals surface area contributed by atoms with Crippen molar-refractivity contribution >= 4 is 11.7 Å². The molecular weight excluding hydrogens is 336 g/mol. The van der Waals surface area contributed by atoms with E-state index in [1.54, 1.807) is 38.7 Å². The van der Waals surface area contributed by atoms with Gasteiger partial charge in [0.05, 0.1) is 14.2 Å². The topological polar surface area (TPSA) is 93.8 Å². The molecule has 7 nitrogen and oxygen atoms in total. The molecule has 0 saturated carbocycles. The van der Waals surface area contributed by atoms with Crippen molar-refractivity contribution < 1.29 is 23.8 Å². The van der Waals surface area contributed by atoms with Gasteiger partial charge in [-0.2, -0.15) is 0 Å². The number of aromatic nitrogens is 1. The third-order valence-electron chi connectivity index (χ3n) is 3.73. The highest BCUT2D eigenvalue weighted by atomic mass is 16.5. The van der Waals surface area contributed by atoms with Gasteiger partial charge in [-0.3, -0.25) is 4.79 Å². The molecule has 0 fully saturated rings. The summed E-state index contributed by atoms with van der Waals surface area (Å²) in [5, 5.41) is 11.5. The Bertz CT molecular complexity index is 880. The predicted molar refractivity (Wildman–Crippen MR) is 96.6 cm³/mol. The van der Waals surface area contributed by atoms with Gasteiger partial charge in [-0.1, -0.05) is 0 Å². The van der Waals surface area contributed by atoms with Gasteiger partial charge in [0.25, 0.3) is 0 Å². The zero-order chi connectivity index (χ0) is 18.5. The van der Waals surface area contributed by atoms with Crippen molar-refractivity contribution in [1.82, 2.24) is 4.98 Å². The summed E-state index contributed by atoms with van der Waals surface area (Å²) in [6.45, 7) is -0.139. The first kappa shape index (κ1) is 17.3. The zero-order valence-electron chi connectivity index (χ0n) is 14.4. The molecule has 0 radical (unpaired) electrons. The molecule has 0 aliphatic rings. The van der Waals surface area contributed by atoms with Gasteiger partial charge in [0.15, 0.2) is 0 Å². The molecule has 134 valence electrons. The normalized spacial score (nSPS) is 10.4. The molecule has 0 spiro atoms. The first-order chi connectivity index (χ1) is 12.6. The maximum Gasteiger partial charge on any atom is 0.322 e. The number of rotatable bonds is 7. The van der Waals surface area contributed by atoms with E-state index in [1.807, 2.05) is 24.3 Å². The molecule has 2 aromatic carbocycles. The average molecular weight is 354 g/mol. The first-order valence-corrected chi connectivity index (χ1v) is 7.84. The molecule has 0 atom stereocenters. The predicted octanol–water partition coefficient (Wildman–Crippen LogP) is 3.52. The van der Waals surface area contributed by atoms with E-state index in [4.69, 9.17) is 19.0 Å². The Labute approximate surface area is 150 Å². The quantitative estimate of drug-likeness (QED) is 0.670. The number of methoxy groups -OCH3 is 2. The molecule has 0 amide bonds. The zero-order valence-corrected chi connectivity index (χ0v) is 14.4. The Balaban J connectivity index is 1.82. The molecule has 3 rings (SSSR count). The molecule has 0 bridgehead atoms. The molecule has 3 aromatic rings. The van der Waals surface area contributed by atoms with Gasteiger partial charge in [-0.05, 0) is 36.4 Å². The Morgan fingerprint density at radius 1 is 1.08 bits per heavy atom. The van der Waals surface area contributed by atoms with Crippen LogP contribution in [0.25, 0.3) is 22.7 Å². The van der Waals surface area contributed by atoms with Crippen LogP contribution in [0.15, 0.2) is 53.1 Å². The largest absolute Gasteiger partial charge is 0.497 e. The third kappa shape index (κ3) is 3.94. The van der Waals surface area contributed by atoms with Crippen LogP contribution in [0, 0.1) is 0 Å². The molecule has 26 heavy (non-hydrogen) atoms. The molecular formula is C19H18N2O5. The Morgan fingerprint density at radius 2 is 1.73 bits per heavy atom. The van der Waals surface area contributed by atoms with Gasteiger partial charge in [0.1, 0.15) is 30.0 Å². The van der Waals surface area contributed by atoms with Crippen LogP contribution in [0.4, 0.5) is 5.69 Å². The van der Waals surface area contributed by atoms with E-state index in [0.29, 0.717) is 28.8 Å². The second-order valence-electron chi connectivity index (χ2n) is 5.46. The summed E-state index contributed by atoms with van der Waals surface area (Å²) >= 11 is 0. The number of nitrogens with zero attached hydrogens (tertiary/aromatic N) is 1. The molecule has 0 saturated heterocycles. The fourth-order valence-electron chi connectivity index (χ4n) is 2.40. The maximum absolute atomic E-state index is 10.6. The summed E-state index contributed by atoms with van der Waals surface area (Å²) in [5.74, 6) is 0.877. The standard InChI is InChI=1S/C19H18N2O5/c1-24-15-7-13(8-16(9-15)25-2)17-11-26-19(21-17)12-3-5-14(6-4-12)20-10-18(22)23/h3-9,11,20H,10H2,1-2H3,(H,22,23). The van der Waals surface area contributed by atoms with Gasteiger partial charge in [-0.15, -0.1) is 0 Å². The minimum atomic E-state index is -0.917. The van der Waals surface area contributed by atoms with E-state index in [9.17, 15) is 4.79 Å². The summed E-state index contributed by atoms with van der Waals surface area (Å²) in [6.07, 6.45) is 1.57. The molecule has 0 aliphatic heterocycles. The van der Waals surface area contributed by atoms with Crippen LogP contribution in [-0.4, -0.2) is 36.8 Å². The molecule has 0 aliphatic carbocycles. The van der Waals surface area contributed by atoms with Crippen molar-refractivity contribution in [2.45, 2.75) is 0 Å². The Morgan fingerprint density at radius 3 is 2.31 bits per heavy atom. The number of carboxylic acids is 1. The van der Waals surface area contributed by atoms with Gasteiger partial charge in [-0.25, -0.2) is 4.98 Å². The lowest BCUT2D eigenvalue weighted by molar-refractivity contribution is -0.134. The average Bonchev–Trinajstić information content (AvgIpc) is 3.16. The highest BCUT2D eigenvalue weighted by molar-refractivity contribution is 5.73. The minimum absolute atomic E-state index is 0.139. The van der Waals surface area contributed by atoms with Crippen molar-refractivity contribution in [1.29, 1.82) is 0 Å². The smallest absolute Gasteiger partial charge is 0.322 e. The monoisotopic (exact) mass is 354 g/mol. The van der Waals surface area contributed by atoms with E-state index in [0.717, 1.165) is 11.1 Å². The van der Waals surface area contributed by atoms with Crippen LogP contribution in [-0.2, 0) is 4.79 Å². The lowest BCUT2D eigenvalue weighted by Crippen LogP contribution is -2.11. The first-order valence-electron chi connectivity index (χ1n) is 7.84. The van der Waals surface area contributed by atoms with Gasteiger partial charge < -0.3 is 24.3 Å². The van der Waals surface area contributed by atoms with Crippen LogP contribution in [0.5, 0.6) is 11.5 Å². The number of carboxylic acid groups (broad SMARTS) is 1. The van der Waals surface area contributed by atoms with Crippen LogP contribution < -0.4 is 14.8 Å². The second kappa shape index (κ2) is 7.60. The fourth-order valence-corrected chi connectivity index (χ4v) is 2.40. The van der Waals surface area contributed by atoms with E-state index >= 15 is 0 Å². The summed E-state index contributed by atoms with van der Waals surface area (Å²) in [5.41, 5.74) is 2.97. The number of anilines is 1. The molecule has 1 heterocycles. The van der Waals surface area contributed by atoms with Crippen LogP contribution >= 0.6 is 0 Å². The summed E-state index contributed by atoms with van der Waals surface area (Å²) in [4.78, 5) is 15.1. The van der Waals surface area contributed by atoms with Crippen molar-refractivity contribution in [3.63, 3.8) is 0 Å². The lowest BCUT2D eigenvalue weighted by atomic mass is 10.1. The summed E-state index contributed by atoms with van der Waals surface area (Å²) < 4.78 is 16.1. The molecule has 7 heteroatoms. The van der Waals surface area contributed by atoms with Gasteiger partial charge in [0, 0.05) is 22.9 Å². The lowest BCUT2D eigenvalue weighted by Gasteiger charge is -2.06. The SMILES string of the molecule is COc1cc(OC)cc(-c2coc(-c3ccc(NCC(=O)O)cc3)n2)c1. The summed E-state index contributed by atoms with van der Waals surface area (Å²) in [6, 6.07) is 12.7. The Kier molecular flexibility index (Phi) is 5.07. The number of oxazole rings is 1. The minimum Gasteiger partial charge on any atom is -0.497 e. The summed E-state index contributed by atoms with van der Waals surface area (Å²) in [7, 11) is 3.18. The molecule has 2 N–H and O–H groups in total. The second-order valence-corrected chi connectivity index (χ2v) is 5.46. The van der Waals surface area contributed by atoms with Crippen molar-refractivity contribution in [3.05, 3.63) is 48.7 Å². The van der Waals surface area contributed by atoms with E-state index in [1.165, 1.54) is 0 Å². The van der Waals surface area contributed by atoms with Gasteiger partial charge in [0.2, 0.25) is 5.89 Å². The molecule has 1 aromatic heterocycles. The number of hydrogen-bond acceptors (Lipinski definition) is 6. The number of nitrogens with one attached hydrogen (secondary N) is 1. The van der Waals surface area contributed by atoms with Crippen molar-refractivity contribution in [3.8, 4) is 34.2 Å². The van der Waals surface area contributed by atoms with Crippen molar-refractivity contribution in [2.24, 2.45) is 0 Å². The maximum atomic E-state index is 10.6. The van der Waals surface area contributed by atoms with E-state index in [2.05, 4.69) is 10.3 Å². The number of hydrogen-bond donors (Lipinski definition) is 2. The van der Waals surface area contributed by atoms with Crippen LogP contribution in [0.2, 0.25) is 0 Å².